The van der Waals surface area contributed by atoms with E-state index in [0.29, 0.717) is 23.6 Å². The first kappa shape index (κ1) is 15.1. The zero-order valence-corrected chi connectivity index (χ0v) is 13.5. The van der Waals surface area contributed by atoms with Gasteiger partial charge in [-0.2, -0.15) is 0 Å². The predicted octanol–water partition coefficient (Wildman–Crippen LogP) is 2.66. The van der Waals surface area contributed by atoms with Gasteiger partial charge >= 0.3 is 0 Å². The van der Waals surface area contributed by atoms with E-state index in [1.165, 1.54) is 0 Å². The Morgan fingerprint density at radius 1 is 1.28 bits per heavy atom. The Balaban J connectivity index is 1.50. The third-order valence-corrected chi connectivity index (χ3v) is 3.89. The van der Waals surface area contributed by atoms with Gasteiger partial charge in [-0.15, -0.1) is 0 Å². The van der Waals surface area contributed by atoms with Gasteiger partial charge in [0, 0.05) is 49.7 Å². The Morgan fingerprint density at radius 3 is 3.04 bits per heavy atom. The average molecular weight is 333 g/mol. The number of hydrogen-bond acceptors (Lipinski definition) is 5. The molecule has 0 aliphatic carbocycles. The molecule has 0 aliphatic rings. The lowest BCUT2D eigenvalue weighted by Crippen LogP contribution is -2.26. The van der Waals surface area contributed by atoms with Gasteiger partial charge in [0.1, 0.15) is 11.3 Å². The molecule has 0 spiro atoms. The van der Waals surface area contributed by atoms with Crippen molar-refractivity contribution in [3.8, 4) is 11.3 Å². The van der Waals surface area contributed by atoms with Gasteiger partial charge < -0.3 is 13.8 Å². The normalized spacial score (nSPS) is 10.9. The molecule has 7 nitrogen and oxygen atoms in total. The summed E-state index contributed by atoms with van der Waals surface area (Å²) in [5.41, 5.74) is 2.95. The third-order valence-electron chi connectivity index (χ3n) is 3.89. The van der Waals surface area contributed by atoms with Crippen molar-refractivity contribution in [1.82, 2.24) is 24.4 Å². The SMILES string of the molecule is CN(Cc1cc(-c2cccnc2)no1)C(=O)c1ccc2nccn2c1. The molecule has 4 aromatic rings. The maximum absolute atomic E-state index is 12.6. The minimum Gasteiger partial charge on any atom is -0.359 e. The summed E-state index contributed by atoms with van der Waals surface area (Å²) in [6.45, 7) is 0.327. The Labute approximate surface area is 143 Å². The Kier molecular flexibility index (Phi) is 3.74. The number of imidazole rings is 1. The average Bonchev–Trinajstić information content (AvgIpc) is 3.30. The first-order valence-electron chi connectivity index (χ1n) is 7.75. The summed E-state index contributed by atoms with van der Waals surface area (Å²) in [5.74, 6) is 0.508. The second-order valence-corrected chi connectivity index (χ2v) is 5.69. The lowest BCUT2D eigenvalue weighted by molar-refractivity contribution is 0.0772. The monoisotopic (exact) mass is 333 g/mol. The minimum atomic E-state index is -0.102. The summed E-state index contributed by atoms with van der Waals surface area (Å²) in [6, 6.07) is 9.15. The molecular weight excluding hydrogens is 318 g/mol. The zero-order valence-electron chi connectivity index (χ0n) is 13.5. The third kappa shape index (κ3) is 2.99. The summed E-state index contributed by atoms with van der Waals surface area (Å²) >= 11 is 0. The standard InChI is InChI=1S/C18H15N5O2/c1-22(18(24)14-4-5-17-20-7-8-23(17)11-14)12-15-9-16(21-25-15)13-3-2-6-19-10-13/h2-11H,12H2,1H3. The van der Waals surface area contributed by atoms with Crippen LogP contribution in [0.15, 0.2) is 65.8 Å². The van der Waals surface area contributed by atoms with Crippen molar-refractivity contribution in [2.45, 2.75) is 6.54 Å². The summed E-state index contributed by atoms with van der Waals surface area (Å²) in [4.78, 5) is 22.4. The van der Waals surface area contributed by atoms with Crippen LogP contribution in [0.5, 0.6) is 0 Å². The van der Waals surface area contributed by atoms with Gasteiger partial charge in [0.25, 0.3) is 5.91 Å². The van der Waals surface area contributed by atoms with Crippen LogP contribution in [0.2, 0.25) is 0 Å². The predicted molar refractivity (Wildman–Crippen MR) is 90.7 cm³/mol. The zero-order chi connectivity index (χ0) is 17.2. The van der Waals surface area contributed by atoms with Crippen LogP contribution in [0, 0.1) is 0 Å². The van der Waals surface area contributed by atoms with E-state index in [2.05, 4.69) is 15.1 Å². The van der Waals surface area contributed by atoms with E-state index in [9.17, 15) is 4.79 Å². The van der Waals surface area contributed by atoms with E-state index in [1.807, 2.05) is 34.9 Å². The first-order chi connectivity index (χ1) is 12.2. The molecule has 0 bridgehead atoms. The molecule has 0 aliphatic heterocycles. The number of nitrogens with zero attached hydrogens (tertiary/aromatic N) is 5. The highest BCUT2D eigenvalue weighted by atomic mass is 16.5. The Morgan fingerprint density at radius 2 is 2.20 bits per heavy atom. The van der Waals surface area contributed by atoms with Crippen LogP contribution in [0.3, 0.4) is 0 Å². The molecule has 0 saturated carbocycles. The molecule has 4 rings (SSSR count). The van der Waals surface area contributed by atoms with E-state index in [-0.39, 0.29) is 5.91 Å². The van der Waals surface area contributed by atoms with Crippen molar-refractivity contribution in [3.63, 3.8) is 0 Å². The van der Waals surface area contributed by atoms with Crippen LogP contribution in [-0.4, -0.2) is 37.4 Å². The molecule has 0 aromatic carbocycles. The number of rotatable bonds is 4. The molecule has 0 radical (unpaired) electrons. The summed E-state index contributed by atoms with van der Waals surface area (Å²) in [7, 11) is 1.73. The van der Waals surface area contributed by atoms with Gasteiger partial charge in [-0.25, -0.2) is 4.98 Å². The summed E-state index contributed by atoms with van der Waals surface area (Å²) in [5, 5.41) is 4.04. The topological polar surface area (TPSA) is 76.5 Å². The van der Waals surface area contributed by atoms with Crippen LogP contribution < -0.4 is 0 Å². The fourth-order valence-corrected chi connectivity index (χ4v) is 2.61. The molecule has 25 heavy (non-hydrogen) atoms. The van der Waals surface area contributed by atoms with Gasteiger partial charge in [0.05, 0.1) is 12.1 Å². The number of aromatic nitrogens is 4. The van der Waals surface area contributed by atoms with Crippen LogP contribution in [0.25, 0.3) is 16.9 Å². The summed E-state index contributed by atoms with van der Waals surface area (Å²) < 4.78 is 7.16. The van der Waals surface area contributed by atoms with Gasteiger partial charge in [-0.3, -0.25) is 9.78 Å². The second-order valence-electron chi connectivity index (χ2n) is 5.69. The Bertz CT molecular complexity index is 1020. The molecule has 4 aromatic heterocycles. The van der Waals surface area contributed by atoms with Crippen LogP contribution >= 0.6 is 0 Å². The van der Waals surface area contributed by atoms with Crippen molar-refractivity contribution in [2.24, 2.45) is 0 Å². The van der Waals surface area contributed by atoms with Crippen molar-refractivity contribution in [1.29, 1.82) is 0 Å². The second kappa shape index (κ2) is 6.20. The Hall–Kier alpha value is -3.48. The van der Waals surface area contributed by atoms with E-state index in [0.717, 1.165) is 11.2 Å². The molecular formula is C18H15N5O2. The van der Waals surface area contributed by atoms with Crippen LogP contribution in [0.4, 0.5) is 0 Å². The highest BCUT2D eigenvalue weighted by molar-refractivity contribution is 5.94. The molecule has 4 heterocycles. The lowest BCUT2D eigenvalue weighted by Gasteiger charge is -2.15. The van der Waals surface area contributed by atoms with Gasteiger partial charge in [0.2, 0.25) is 0 Å². The van der Waals surface area contributed by atoms with Gasteiger partial charge in [0.15, 0.2) is 5.76 Å². The highest BCUT2D eigenvalue weighted by Crippen LogP contribution is 2.19. The molecule has 124 valence electrons. The highest BCUT2D eigenvalue weighted by Gasteiger charge is 2.16. The van der Waals surface area contributed by atoms with Crippen molar-refractivity contribution < 1.29 is 9.32 Å². The molecule has 7 heteroatoms. The molecule has 1 amide bonds. The largest absolute Gasteiger partial charge is 0.359 e. The maximum atomic E-state index is 12.6. The smallest absolute Gasteiger partial charge is 0.255 e. The van der Waals surface area contributed by atoms with Crippen molar-refractivity contribution in [2.75, 3.05) is 7.05 Å². The van der Waals surface area contributed by atoms with Gasteiger partial charge in [-0.1, -0.05) is 5.16 Å². The van der Waals surface area contributed by atoms with Crippen molar-refractivity contribution in [3.05, 3.63) is 72.6 Å². The number of fused-ring (bicyclic) bond motifs is 1. The fraction of sp³-hybridized carbons (Fsp3) is 0.111. The van der Waals surface area contributed by atoms with E-state index < -0.39 is 0 Å². The van der Waals surface area contributed by atoms with E-state index in [1.54, 1.807) is 42.8 Å². The van der Waals surface area contributed by atoms with Crippen LogP contribution in [-0.2, 0) is 6.54 Å². The quantitative estimate of drug-likeness (QED) is 0.574. The maximum Gasteiger partial charge on any atom is 0.255 e. The first-order valence-corrected chi connectivity index (χ1v) is 7.75. The molecule has 0 saturated heterocycles. The molecule has 0 fully saturated rings. The summed E-state index contributed by atoms with van der Waals surface area (Å²) in [6.07, 6.45) is 8.69. The molecule has 0 unspecified atom stereocenters. The number of hydrogen-bond donors (Lipinski definition) is 0. The number of carbonyl (C=O) groups is 1. The molecule has 0 atom stereocenters. The number of carbonyl (C=O) groups excluding carboxylic acids is 1. The van der Waals surface area contributed by atoms with E-state index >= 15 is 0 Å². The lowest BCUT2D eigenvalue weighted by atomic mass is 10.2. The van der Waals surface area contributed by atoms with Crippen molar-refractivity contribution >= 4 is 11.6 Å². The van der Waals surface area contributed by atoms with Crippen LogP contribution in [0.1, 0.15) is 16.1 Å². The molecule has 0 N–H and O–H groups in total. The fourth-order valence-electron chi connectivity index (χ4n) is 2.61. The number of pyridine rings is 2. The minimum absolute atomic E-state index is 0.102. The number of amides is 1. The van der Waals surface area contributed by atoms with Gasteiger partial charge in [-0.05, 0) is 24.3 Å². The van der Waals surface area contributed by atoms with E-state index in [4.69, 9.17) is 4.52 Å².